The number of nitrogens with zero attached hydrogens (tertiary/aromatic N) is 2. The van der Waals surface area contributed by atoms with E-state index in [4.69, 9.17) is 4.74 Å². The zero-order chi connectivity index (χ0) is 17.2. The van der Waals surface area contributed by atoms with E-state index in [-0.39, 0.29) is 5.75 Å². The monoisotopic (exact) mass is 328 g/mol. The molecular weight excluding hydrogens is 304 g/mol. The molecule has 0 aliphatic rings. The summed E-state index contributed by atoms with van der Waals surface area (Å²) in [5, 5.41) is 16.3. The molecular formula is C18H24N4O2. The number of phenols is 1. The number of hydrogen-bond acceptors (Lipinski definition) is 4. The number of benzene rings is 1. The summed E-state index contributed by atoms with van der Waals surface area (Å²) in [5.41, 5.74) is 1.95. The lowest BCUT2D eigenvalue weighted by Crippen LogP contribution is -2.38. The van der Waals surface area contributed by atoms with Crippen LogP contribution in [0.4, 0.5) is 0 Å². The maximum atomic E-state index is 9.82. The molecule has 0 saturated carbocycles. The van der Waals surface area contributed by atoms with Crippen LogP contribution in [0.1, 0.15) is 18.2 Å². The van der Waals surface area contributed by atoms with Crippen molar-refractivity contribution in [2.75, 3.05) is 20.2 Å². The molecule has 6 nitrogen and oxygen atoms in total. The highest BCUT2D eigenvalue weighted by molar-refractivity contribution is 5.79. The lowest BCUT2D eigenvalue weighted by Gasteiger charge is -2.11. The Morgan fingerprint density at radius 1 is 1.25 bits per heavy atom. The van der Waals surface area contributed by atoms with E-state index in [1.807, 2.05) is 31.2 Å². The predicted molar refractivity (Wildman–Crippen MR) is 95.4 cm³/mol. The van der Waals surface area contributed by atoms with Gasteiger partial charge in [-0.3, -0.25) is 4.98 Å². The fraction of sp³-hybridized carbons (Fsp3) is 0.333. The van der Waals surface area contributed by atoms with Crippen molar-refractivity contribution in [1.29, 1.82) is 0 Å². The van der Waals surface area contributed by atoms with Gasteiger partial charge in [0.05, 0.1) is 13.7 Å². The highest BCUT2D eigenvalue weighted by Crippen LogP contribution is 2.26. The van der Waals surface area contributed by atoms with Gasteiger partial charge < -0.3 is 20.5 Å². The van der Waals surface area contributed by atoms with E-state index in [2.05, 4.69) is 20.6 Å². The van der Waals surface area contributed by atoms with Crippen LogP contribution in [-0.2, 0) is 13.0 Å². The first-order valence-electron chi connectivity index (χ1n) is 8.01. The number of hydrogen-bond donors (Lipinski definition) is 3. The molecule has 0 bridgehead atoms. The molecule has 2 aromatic rings. The smallest absolute Gasteiger partial charge is 0.191 e. The summed E-state index contributed by atoms with van der Waals surface area (Å²) in [4.78, 5) is 8.83. The fourth-order valence-electron chi connectivity index (χ4n) is 2.20. The van der Waals surface area contributed by atoms with Crippen LogP contribution in [0.25, 0.3) is 0 Å². The van der Waals surface area contributed by atoms with Crippen molar-refractivity contribution in [2.24, 2.45) is 4.99 Å². The molecule has 128 valence electrons. The van der Waals surface area contributed by atoms with Crippen LogP contribution in [-0.4, -0.2) is 36.2 Å². The molecule has 0 atom stereocenters. The van der Waals surface area contributed by atoms with Crippen molar-refractivity contribution >= 4 is 5.96 Å². The third kappa shape index (κ3) is 5.46. The maximum Gasteiger partial charge on any atom is 0.191 e. The summed E-state index contributed by atoms with van der Waals surface area (Å²) in [6, 6.07) is 11.2. The number of methoxy groups -OCH3 is 1. The Morgan fingerprint density at radius 3 is 2.79 bits per heavy atom. The van der Waals surface area contributed by atoms with Gasteiger partial charge in [0, 0.05) is 31.4 Å². The minimum absolute atomic E-state index is 0.123. The molecule has 2 rings (SSSR count). The maximum absolute atomic E-state index is 9.82. The predicted octanol–water partition coefficient (Wildman–Crippen LogP) is 2.09. The summed E-state index contributed by atoms with van der Waals surface area (Å²) in [6.45, 7) is 4.02. The number of aromatic nitrogens is 1. The quantitative estimate of drug-likeness (QED) is 0.536. The molecule has 0 aliphatic heterocycles. The second-order valence-corrected chi connectivity index (χ2v) is 5.20. The number of ether oxygens (including phenoxy) is 1. The Bertz CT molecular complexity index is 659. The summed E-state index contributed by atoms with van der Waals surface area (Å²) in [6.07, 6.45) is 2.62. The number of guanidine groups is 1. The fourth-order valence-corrected chi connectivity index (χ4v) is 2.20. The van der Waals surface area contributed by atoms with Crippen molar-refractivity contribution in [2.45, 2.75) is 19.9 Å². The lowest BCUT2D eigenvalue weighted by molar-refractivity contribution is 0.373. The topological polar surface area (TPSA) is 78.8 Å². The minimum Gasteiger partial charge on any atom is -0.504 e. The van der Waals surface area contributed by atoms with Crippen LogP contribution >= 0.6 is 0 Å². The van der Waals surface area contributed by atoms with Crippen molar-refractivity contribution < 1.29 is 9.84 Å². The Hall–Kier alpha value is -2.76. The first-order valence-corrected chi connectivity index (χ1v) is 8.01. The van der Waals surface area contributed by atoms with Gasteiger partial charge in [0.25, 0.3) is 0 Å². The van der Waals surface area contributed by atoms with Crippen molar-refractivity contribution in [3.05, 3.63) is 53.9 Å². The van der Waals surface area contributed by atoms with Gasteiger partial charge in [0.1, 0.15) is 0 Å². The van der Waals surface area contributed by atoms with Gasteiger partial charge in [-0.2, -0.15) is 0 Å². The molecule has 0 aliphatic carbocycles. The van der Waals surface area contributed by atoms with E-state index in [0.717, 1.165) is 36.7 Å². The molecule has 1 heterocycles. The number of aromatic hydroxyl groups is 1. The average Bonchev–Trinajstić information content (AvgIpc) is 2.60. The van der Waals surface area contributed by atoms with Crippen LogP contribution in [0, 0.1) is 0 Å². The van der Waals surface area contributed by atoms with Crippen LogP contribution in [0.2, 0.25) is 0 Å². The van der Waals surface area contributed by atoms with Crippen molar-refractivity contribution in [3.63, 3.8) is 0 Å². The highest BCUT2D eigenvalue weighted by atomic mass is 16.5. The molecule has 0 spiro atoms. The lowest BCUT2D eigenvalue weighted by atomic mass is 10.2. The van der Waals surface area contributed by atoms with Crippen LogP contribution in [0.5, 0.6) is 11.5 Å². The number of rotatable bonds is 7. The molecule has 6 heteroatoms. The van der Waals surface area contributed by atoms with Crippen LogP contribution < -0.4 is 15.4 Å². The van der Waals surface area contributed by atoms with E-state index in [1.165, 1.54) is 7.11 Å². The zero-order valence-electron chi connectivity index (χ0n) is 14.1. The molecule has 3 N–H and O–H groups in total. The Labute approximate surface area is 142 Å². The first-order chi connectivity index (χ1) is 11.7. The van der Waals surface area contributed by atoms with Gasteiger partial charge >= 0.3 is 0 Å². The van der Waals surface area contributed by atoms with E-state index in [9.17, 15) is 5.11 Å². The van der Waals surface area contributed by atoms with Gasteiger partial charge in [-0.25, -0.2) is 4.99 Å². The molecule has 0 amide bonds. The van der Waals surface area contributed by atoms with Gasteiger partial charge in [0.15, 0.2) is 17.5 Å². The molecule has 1 aromatic heterocycles. The van der Waals surface area contributed by atoms with Crippen molar-refractivity contribution in [3.8, 4) is 11.5 Å². The minimum atomic E-state index is 0.123. The number of nitrogens with one attached hydrogen (secondary N) is 2. The van der Waals surface area contributed by atoms with Gasteiger partial charge in [-0.15, -0.1) is 0 Å². The highest BCUT2D eigenvalue weighted by Gasteiger charge is 2.03. The van der Waals surface area contributed by atoms with Gasteiger partial charge in [-0.1, -0.05) is 12.1 Å². The van der Waals surface area contributed by atoms with Crippen LogP contribution in [0.15, 0.2) is 47.6 Å². The average molecular weight is 328 g/mol. The largest absolute Gasteiger partial charge is 0.504 e. The number of aliphatic imine (C=N–C) groups is 1. The van der Waals surface area contributed by atoms with E-state index >= 15 is 0 Å². The van der Waals surface area contributed by atoms with Gasteiger partial charge in [0.2, 0.25) is 0 Å². The Balaban J connectivity index is 1.91. The summed E-state index contributed by atoms with van der Waals surface area (Å²) in [5.74, 6) is 1.32. The molecule has 0 unspecified atom stereocenters. The van der Waals surface area contributed by atoms with Crippen molar-refractivity contribution in [1.82, 2.24) is 15.6 Å². The molecule has 24 heavy (non-hydrogen) atoms. The van der Waals surface area contributed by atoms with E-state index in [0.29, 0.717) is 12.3 Å². The second kappa shape index (κ2) is 9.39. The standard InChI is InChI=1S/C18H24N4O2/c1-3-19-18(21-11-9-15-6-4-5-10-20-15)22-13-14-7-8-17(24-2)16(23)12-14/h4-8,10,12,23H,3,9,11,13H2,1-2H3,(H2,19,21,22). The molecule has 0 radical (unpaired) electrons. The SMILES string of the molecule is CCNC(=NCc1ccc(OC)c(O)c1)NCCc1ccccn1. The summed E-state index contributed by atoms with van der Waals surface area (Å²) >= 11 is 0. The molecule has 0 saturated heterocycles. The van der Waals surface area contributed by atoms with Gasteiger partial charge in [-0.05, 0) is 36.8 Å². The summed E-state index contributed by atoms with van der Waals surface area (Å²) in [7, 11) is 1.53. The summed E-state index contributed by atoms with van der Waals surface area (Å²) < 4.78 is 5.04. The molecule has 1 aromatic carbocycles. The number of phenolic OH excluding ortho intramolecular Hbond substituents is 1. The first kappa shape index (κ1) is 17.6. The Morgan fingerprint density at radius 2 is 2.12 bits per heavy atom. The zero-order valence-corrected chi connectivity index (χ0v) is 14.1. The third-order valence-electron chi connectivity index (χ3n) is 3.41. The van der Waals surface area contributed by atoms with E-state index in [1.54, 1.807) is 18.3 Å². The molecule has 0 fully saturated rings. The third-order valence-corrected chi connectivity index (χ3v) is 3.41. The second-order valence-electron chi connectivity index (χ2n) is 5.20. The number of pyridine rings is 1. The Kier molecular flexibility index (Phi) is 6.89. The normalized spacial score (nSPS) is 11.2. The van der Waals surface area contributed by atoms with E-state index < -0.39 is 0 Å². The van der Waals surface area contributed by atoms with Crippen LogP contribution in [0.3, 0.4) is 0 Å².